The maximum atomic E-state index is 11.9. The number of aromatic amines is 1. The van der Waals surface area contributed by atoms with Gasteiger partial charge in [0, 0.05) is 60.2 Å². The lowest BCUT2D eigenvalue weighted by Crippen LogP contribution is -2.36. The lowest BCUT2D eigenvalue weighted by molar-refractivity contribution is -0.132. The molecule has 0 saturated carbocycles. The lowest BCUT2D eigenvalue weighted by atomic mass is 9.88. The number of likely N-dealkylation sites (N-methyl/N-ethyl adjacent to an activating group) is 1. The van der Waals surface area contributed by atoms with Crippen molar-refractivity contribution in [3.63, 3.8) is 0 Å². The van der Waals surface area contributed by atoms with Gasteiger partial charge in [0.2, 0.25) is 5.91 Å². The van der Waals surface area contributed by atoms with E-state index in [1.165, 1.54) is 0 Å². The van der Waals surface area contributed by atoms with Gasteiger partial charge in [0.25, 0.3) is 0 Å². The number of pyridine rings is 1. The molecule has 26 heavy (non-hydrogen) atoms. The number of nitrogens with one attached hydrogen (secondary N) is 1. The Morgan fingerprint density at radius 2 is 1.85 bits per heavy atom. The van der Waals surface area contributed by atoms with Crippen molar-refractivity contribution in [1.29, 1.82) is 0 Å². The summed E-state index contributed by atoms with van der Waals surface area (Å²) in [5.41, 5.74) is 5.10. The van der Waals surface area contributed by atoms with Crippen LogP contribution in [0.15, 0.2) is 48.8 Å². The molecule has 0 aliphatic carbocycles. The Morgan fingerprint density at radius 3 is 2.54 bits per heavy atom. The van der Waals surface area contributed by atoms with E-state index in [1.807, 2.05) is 43.4 Å². The number of hydrogen-bond acceptors (Lipinski definition) is 3. The van der Waals surface area contributed by atoms with Crippen molar-refractivity contribution < 1.29 is 4.79 Å². The topological polar surface area (TPSA) is 61.9 Å². The number of halogens is 1. The number of aromatic nitrogens is 3. The zero-order valence-corrected chi connectivity index (χ0v) is 15.2. The molecular formula is C20H19ClN4O. The van der Waals surface area contributed by atoms with Crippen LogP contribution in [0.2, 0.25) is 5.02 Å². The molecule has 1 unspecified atom stereocenters. The van der Waals surface area contributed by atoms with E-state index < -0.39 is 0 Å². The summed E-state index contributed by atoms with van der Waals surface area (Å²) in [6.07, 6.45) is 4.96. The first kappa shape index (κ1) is 16.8. The first-order chi connectivity index (χ1) is 12.6. The molecule has 1 aromatic carbocycles. The Balaban J connectivity index is 1.82. The molecule has 132 valence electrons. The van der Waals surface area contributed by atoms with E-state index in [1.54, 1.807) is 17.3 Å². The Hall–Kier alpha value is -2.66. The Bertz CT molecular complexity index is 921. The summed E-state index contributed by atoms with van der Waals surface area (Å²) in [5, 5.41) is 8.57. The van der Waals surface area contributed by atoms with Crippen LogP contribution in [0.1, 0.15) is 24.5 Å². The molecule has 3 heterocycles. The van der Waals surface area contributed by atoms with Gasteiger partial charge in [-0.25, -0.2) is 0 Å². The molecule has 0 spiro atoms. The van der Waals surface area contributed by atoms with Crippen LogP contribution in [-0.2, 0) is 4.79 Å². The number of carbonyl (C=O) groups is 1. The largest absolute Gasteiger partial charge is 0.345 e. The van der Waals surface area contributed by atoms with E-state index in [4.69, 9.17) is 11.6 Å². The van der Waals surface area contributed by atoms with Crippen molar-refractivity contribution in [3.8, 4) is 22.4 Å². The molecule has 1 fully saturated rings. The second-order valence-electron chi connectivity index (χ2n) is 6.61. The minimum absolute atomic E-state index is 0.198. The summed E-state index contributed by atoms with van der Waals surface area (Å²) in [6.45, 7) is 0.694. The number of hydrogen-bond donors (Lipinski definition) is 1. The summed E-state index contributed by atoms with van der Waals surface area (Å²) in [4.78, 5) is 17.8. The fourth-order valence-electron chi connectivity index (χ4n) is 3.53. The van der Waals surface area contributed by atoms with E-state index in [2.05, 4.69) is 15.2 Å². The van der Waals surface area contributed by atoms with Gasteiger partial charge < -0.3 is 4.90 Å². The highest BCUT2D eigenvalue weighted by atomic mass is 35.5. The van der Waals surface area contributed by atoms with Gasteiger partial charge >= 0.3 is 0 Å². The molecule has 3 aromatic rings. The lowest BCUT2D eigenvalue weighted by Gasteiger charge is -2.29. The summed E-state index contributed by atoms with van der Waals surface area (Å²) in [5.74, 6) is 0.429. The normalized spacial score (nSPS) is 17.5. The fourth-order valence-corrected chi connectivity index (χ4v) is 3.65. The van der Waals surface area contributed by atoms with Gasteiger partial charge in [-0.15, -0.1) is 0 Å². The van der Waals surface area contributed by atoms with Crippen molar-refractivity contribution in [1.82, 2.24) is 20.1 Å². The van der Waals surface area contributed by atoms with Crippen molar-refractivity contribution in [3.05, 3.63) is 59.5 Å². The molecule has 4 rings (SSSR count). The SMILES string of the molecule is CN1CC(c2[nH]nc(-c3ccc(Cl)cc3)c2-c2ccncc2)CCC1=O. The number of H-pyrrole nitrogens is 1. The van der Waals surface area contributed by atoms with Crippen LogP contribution >= 0.6 is 11.6 Å². The van der Waals surface area contributed by atoms with Crippen molar-refractivity contribution >= 4 is 17.5 Å². The number of nitrogens with zero attached hydrogens (tertiary/aromatic N) is 3. The molecule has 1 N–H and O–H groups in total. The summed E-state index contributed by atoms with van der Waals surface area (Å²) < 4.78 is 0. The van der Waals surface area contributed by atoms with Gasteiger partial charge in [-0.05, 0) is 36.2 Å². The number of carbonyl (C=O) groups excluding carboxylic acids is 1. The van der Waals surface area contributed by atoms with Crippen LogP contribution < -0.4 is 0 Å². The quantitative estimate of drug-likeness (QED) is 0.758. The number of rotatable bonds is 3. The zero-order valence-electron chi connectivity index (χ0n) is 14.4. The number of likely N-dealkylation sites (tertiary alicyclic amines) is 1. The van der Waals surface area contributed by atoms with Crippen LogP contribution in [0.25, 0.3) is 22.4 Å². The fraction of sp³-hybridized carbons (Fsp3) is 0.250. The second-order valence-corrected chi connectivity index (χ2v) is 7.05. The van der Waals surface area contributed by atoms with Gasteiger partial charge in [0.05, 0.1) is 0 Å². The van der Waals surface area contributed by atoms with E-state index in [0.717, 1.165) is 34.5 Å². The molecular weight excluding hydrogens is 348 g/mol. The average Bonchev–Trinajstić information content (AvgIpc) is 3.10. The molecule has 1 aliphatic rings. The van der Waals surface area contributed by atoms with E-state index in [9.17, 15) is 4.79 Å². The van der Waals surface area contributed by atoms with Gasteiger partial charge in [-0.2, -0.15) is 5.10 Å². The summed E-state index contributed by atoms with van der Waals surface area (Å²) >= 11 is 6.04. The minimum atomic E-state index is 0.198. The van der Waals surface area contributed by atoms with E-state index in [-0.39, 0.29) is 11.8 Å². The molecule has 1 amide bonds. The predicted molar refractivity (Wildman–Crippen MR) is 102 cm³/mol. The smallest absolute Gasteiger partial charge is 0.222 e. The van der Waals surface area contributed by atoms with Gasteiger partial charge in [0.15, 0.2) is 0 Å². The number of piperidine rings is 1. The molecule has 1 saturated heterocycles. The molecule has 2 aromatic heterocycles. The summed E-state index contributed by atoms with van der Waals surface area (Å²) in [6, 6.07) is 11.7. The Labute approximate surface area is 157 Å². The Morgan fingerprint density at radius 1 is 1.12 bits per heavy atom. The maximum absolute atomic E-state index is 11.9. The molecule has 1 aliphatic heterocycles. The van der Waals surface area contributed by atoms with Gasteiger partial charge in [-0.1, -0.05) is 23.7 Å². The average molecular weight is 367 g/mol. The number of benzene rings is 1. The monoisotopic (exact) mass is 366 g/mol. The maximum Gasteiger partial charge on any atom is 0.222 e. The zero-order chi connectivity index (χ0) is 18.1. The first-order valence-corrected chi connectivity index (χ1v) is 9.00. The van der Waals surface area contributed by atoms with Crippen molar-refractivity contribution in [2.45, 2.75) is 18.8 Å². The van der Waals surface area contributed by atoms with Crippen LogP contribution in [-0.4, -0.2) is 39.6 Å². The second kappa shape index (κ2) is 6.92. The Kier molecular flexibility index (Phi) is 4.47. The third kappa shape index (κ3) is 3.10. The minimum Gasteiger partial charge on any atom is -0.345 e. The van der Waals surface area contributed by atoms with Crippen LogP contribution in [0, 0.1) is 0 Å². The van der Waals surface area contributed by atoms with Crippen LogP contribution in [0.5, 0.6) is 0 Å². The van der Waals surface area contributed by atoms with E-state index in [0.29, 0.717) is 18.0 Å². The molecule has 6 heteroatoms. The van der Waals surface area contributed by atoms with Gasteiger partial charge in [0.1, 0.15) is 5.69 Å². The van der Waals surface area contributed by atoms with Crippen molar-refractivity contribution in [2.24, 2.45) is 0 Å². The number of amides is 1. The molecule has 0 bridgehead atoms. The molecule has 1 atom stereocenters. The third-order valence-corrected chi connectivity index (χ3v) is 5.17. The van der Waals surface area contributed by atoms with Crippen LogP contribution in [0.4, 0.5) is 0 Å². The predicted octanol–water partition coefficient (Wildman–Crippen LogP) is 4.13. The highest BCUT2D eigenvalue weighted by Crippen LogP contribution is 2.39. The molecule has 5 nitrogen and oxygen atoms in total. The van der Waals surface area contributed by atoms with Crippen LogP contribution in [0.3, 0.4) is 0 Å². The third-order valence-electron chi connectivity index (χ3n) is 4.92. The standard InChI is InChI=1S/C20H19ClN4O/c1-25-12-15(4-7-17(25)26)20-18(13-8-10-22-11-9-13)19(23-24-20)14-2-5-16(21)6-3-14/h2-3,5-6,8-11,15H,4,7,12H2,1H3,(H,23,24). The summed E-state index contributed by atoms with van der Waals surface area (Å²) in [7, 11) is 1.86. The highest BCUT2D eigenvalue weighted by Gasteiger charge is 2.29. The first-order valence-electron chi connectivity index (χ1n) is 8.62. The van der Waals surface area contributed by atoms with E-state index >= 15 is 0 Å². The van der Waals surface area contributed by atoms with Crippen molar-refractivity contribution in [2.75, 3.05) is 13.6 Å². The molecule has 0 radical (unpaired) electrons. The highest BCUT2D eigenvalue weighted by molar-refractivity contribution is 6.30. The van der Waals surface area contributed by atoms with Gasteiger partial charge in [-0.3, -0.25) is 14.9 Å².